The first-order chi connectivity index (χ1) is 47.1. The van der Waals surface area contributed by atoms with Gasteiger partial charge in [0.15, 0.2) is 16.6 Å². The third kappa shape index (κ3) is 22.2. The predicted octanol–water partition coefficient (Wildman–Crippen LogP) is 22.9. The Morgan fingerprint density at radius 2 is 0.853 bits per heavy atom. The standard InChI is InChI=1S/C41H61NO3Si.C38H63BO3Si.C9H10ClNO2/c1-14-41(15-2,34-21-22-35(30(5)26-34)36-23-17-31(28-42-36)27-38(43)44-16-3)33-20-18-32(29(4)25-33)19-24-37(39(6,7)8)45-46(12,13)40(9,10)11;1-17-38(18-2,31-22-23-32(28(4)26-31)39-41-36(11,12)37(13,14)42-39)30-21-19-29(27(3)25-30)20-24-33(34(5,6)7)40-43(15,16)35(8,9)10;1-2-13-9(12)5-7-3-4-8(10)11-6-7/h17-18,20-23,25-26,28,37H,14-16,19,24,27H2,1-13H3;19,21-23,25-26,33H,17-18,20,24H2,1-16H3;3-4,6H,2,5H2,1H3. The van der Waals surface area contributed by atoms with Crippen LogP contribution in [0.3, 0.4) is 0 Å². The number of hydrogen-bond donors (Lipinski definition) is 0. The van der Waals surface area contributed by atoms with E-state index in [9.17, 15) is 9.59 Å². The van der Waals surface area contributed by atoms with Crippen molar-refractivity contribution >= 4 is 52.8 Å². The molecule has 1 aliphatic heterocycles. The molecule has 3 heterocycles. The fraction of sp³-hybridized carbons (Fsp3) is 0.591. The summed E-state index contributed by atoms with van der Waals surface area (Å²) in [7, 11) is -4.07. The number of esters is 2. The van der Waals surface area contributed by atoms with Crippen molar-refractivity contribution < 1.29 is 37.2 Å². The molecule has 0 spiro atoms. The van der Waals surface area contributed by atoms with Crippen LogP contribution in [0.1, 0.15) is 258 Å². The number of hydrogen-bond acceptors (Lipinski definition) is 10. The van der Waals surface area contributed by atoms with E-state index in [-0.39, 0.29) is 87.0 Å². The van der Waals surface area contributed by atoms with Gasteiger partial charge in [-0.2, -0.15) is 0 Å². The number of aromatic nitrogens is 2. The number of carbonyl (C=O) groups excluding carboxylic acids is 2. The largest absolute Gasteiger partial charge is 0.495 e. The lowest BCUT2D eigenvalue weighted by atomic mass is 9.67. The molecule has 6 aromatic rings. The molecule has 0 radical (unpaired) electrons. The number of pyridine rings is 2. The summed E-state index contributed by atoms with van der Waals surface area (Å²) in [4.78, 5) is 31.4. The summed E-state index contributed by atoms with van der Waals surface area (Å²) >= 11 is 5.58. The van der Waals surface area contributed by atoms with Crippen molar-refractivity contribution in [1.29, 1.82) is 0 Å². The Kier molecular flexibility index (Phi) is 30.4. The number of carbonyl (C=O) groups is 2. The fourth-order valence-corrected chi connectivity index (χ4v) is 16.6. The second kappa shape index (κ2) is 35.4. The van der Waals surface area contributed by atoms with Gasteiger partial charge in [0, 0.05) is 28.8 Å². The number of ether oxygens (including phenoxy) is 2. The molecule has 2 aromatic heterocycles. The van der Waals surface area contributed by atoms with Crippen LogP contribution in [-0.4, -0.2) is 82.3 Å². The minimum atomic E-state index is -1.87. The van der Waals surface area contributed by atoms with Crippen molar-refractivity contribution in [3.05, 3.63) is 181 Å². The average molecular weight is 1450 g/mol. The minimum absolute atomic E-state index is 0.0398. The first kappa shape index (κ1) is 87.4. The van der Waals surface area contributed by atoms with Crippen LogP contribution in [0.4, 0.5) is 0 Å². The summed E-state index contributed by atoms with van der Waals surface area (Å²) in [5.41, 5.74) is 17.8. The van der Waals surface area contributed by atoms with Gasteiger partial charge in [0.1, 0.15) is 5.15 Å². The molecule has 7 rings (SSSR count). The van der Waals surface area contributed by atoms with Crippen LogP contribution >= 0.6 is 11.6 Å². The molecule has 2 atom stereocenters. The van der Waals surface area contributed by atoms with Gasteiger partial charge in [-0.15, -0.1) is 0 Å². The van der Waals surface area contributed by atoms with E-state index in [1.807, 2.05) is 19.1 Å². The Morgan fingerprint density at radius 1 is 0.490 bits per heavy atom. The Hall–Kier alpha value is -5.25. The molecule has 1 aliphatic rings. The Morgan fingerprint density at radius 3 is 1.17 bits per heavy atom. The number of benzene rings is 4. The summed E-state index contributed by atoms with van der Waals surface area (Å²) in [6.45, 7) is 68.5. The van der Waals surface area contributed by atoms with Crippen molar-refractivity contribution in [1.82, 2.24) is 9.97 Å². The van der Waals surface area contributed by atoms with Crippen molar-refractivity contribution in [2.24, 2.45) is 10.8 Å². The molecule has 2 unspecified atom stereocenters. The van der Waals surface area contributed by atoms with Crippen LogP contribution in [-0.2, 0) is 73.7 Å². The highest BCUT2D eigenvalue weighted by molar-refractivity contribution is 6.74. The van der Waals surface area contributed by atoms with E-state index in [0.717, 1.165) is 79.2 Å². The van der Waals surface area contributed by atoms with Crippen molar-refractivity contribution in [3.63, 3.8) is 0 Å². The maximum absolute atomic E-state index is 11.9. The van der Waals surface area contributed by atoms with Gasteiger partial charge in [-0.05, 0) is 246 Å². The molecule has 1 saturated heterocycles. The first-order valence-corrected chi connectivity index (χ1v) is 44.3. The number of halogens is 1. The smallest absolute Gasteiger partial charge is 0.466 e. The number of nitrogens with zero attached hydrogens (tertiary/aromatic N) is 2. The maximum atomic E-state index is 11.9. The summed E-state index contributed by atoms with van der Waals surface area (Å²) in [6.07, 6.45) is 12.6. The zero-order valence-electron chi connectivity index (χ0n) is 69.1. The molecular weight excluding hydrogens is 1320 g/mol. The molecule has 4 aromatic carbocycles. The van der Waals surface area contributed by atoms with Crippen LogP contribution < -0.4 is 5.46 Å². The molecule has 0 saturated carbocycles. The third-order valence-corrected chi connectivity index (χ3v) is 32.5. The number of rotatable bonds is 26. The van der Waals surface area contributed by atoms with Crippen LogP contribution in [0.2, 0.25) is 41.4 Å². The van der Waals surface area contributed by atoms with Crippen molar-refractivity contribution in [2.75, 3.05) is 13.2 Å². The van der Waals surface area contributed by atoms with Crippen LogP contribution in [0, 0.1) is 38.5 Å². The molecule has 562 valence electrons. The Balaban J connectivity index is 0.000000312. The average Bonchev–Trinajstić information content (AvgIpc) is 1.31. The highest BCUT2D eigenvalue weighted by atomic mass is 35.5. The summed E-state index contributed by atoms with van der Waals surface area (Å²) in [5.74, 6) is -0.465. The van der Waals surface area contributed by atoms with Crippen molar-refractivity contribution in [2.45, 2.75) is 315 Å². The normalized spacial score (nSPS) is 15.0. The first-order valence-electron chi connectivity index (χ1n) is 38.1. The SMILES string of the molecule is CCC(CC)(c1ccc(CCC(O[Si](C)(C)C(C)(C)C)C(C)(C)C)c(C)c1)c1ccc(B2OC(C)(C)C(C)(C)O2)c(C)c1.CCOC(=O)Cc1ccc(-c2ccc(C(CC)(CC)c3ccc(CCC(O[Si](C)(C)C(C)(C)C)C(C)(C)C)c(C)c3)cc2C)nc1.CCOC(=O)Cc1ccc(Cl)nc1. The third-order valence-electron chi connectivity index (χ3n) is 23.3. The second-order valence-electron chi connectivity index (χ2n) is 35.1. The van der Waals surface area contributed by atoms with Crippen molar-refractivity contribution in [3.8, 4) is 11.3 Å². The van der Waals surface area contributed by atoms with Crippen LogP contribution in [0.25, 0.3) is 11.3 Å². The maximum Gasteiger partial charge on any atom is 0.495 e. The highest BCUT2D eigenvalue weighted by Crippen LogP contribution is 2.46. The molecule has 0 N–H and O–H groups in total. The van der Waals surface area contributed by atoms with E-state index in [4.69, 9.17) is 44.2 Å². The van der Waals surface area contributed by atoms with E-state index >= 15 is 0 Å². The molecule has 0 aliphatic carbocycles. The second-order valence-corrected chi connectivity index (χ2v) is 45.0. The predicted molar refractivity (Wildman–Crippen MR) is 436 cm³/mol. The van der Waals surface area contributed by atoms with E-state index < -0.39 is 16.6 Å². The molecule has 102 heavy (non-hydrogen) atoms. The van der Waals surface area contributed by atoms with E-state index in [2.05, 4.69) is 270 Å². The van der Waals surface area contributed by atoms with Gasteiger partial charge in [-0.1, -0.05) is 213 Å². The Bertz CT molecular complexity index is 3680. The van der Waals surface area contributed by atoms with Gasteiger partial charge < -0.3 is 27.6 Å². The quantitative estimate of drug-likeness (QED) is 0.0295. The van der Waals surface area contributed by atoms with Gasteiger partial charge in [-0.25, -0.2) is 4.98 Å². The minimum Gasteiger partial charge on any atom is -0.466 e. The van der Waals surface area contributed by atoms with Gasteiger partial charge in [0.25, 0.3) is 0 Å². The van der Waals surface area contributed by atoms with Gasteiger partial charge in [0.05, 0.1) is 55.2 Å². The topological polar surface area (TPSA) is 115 Å². The summed E-state index contributed by atoms with van der Waals surface area (Å²) in [6, 6.07) is 35.6. The summed E-state index contributed by atoms with van der Waals surface area (Å²) in [5, 5.41) is 0.826. The van der Waals surface area contributed by atoms with E-state index in [1.54, 1.807) is 31.5 Å². The van der Waals surface area contributed by atoms with E-state index in [1.165, 1.54) is 55.6 Å². The summed E-state index contributed by atoms with van der Waals surface area (Å²) < 4.78 is 36.7. The molecule has 1 fully saturated rings. The molecule has 0 bridgehead atoms. The number of aryl methyl sites for hydroxylation is 6. The Labute approximate surface area is 627 Å². The fourth-order valence-electron chi connectivity index (χ4n) is 13.4. The lowest BCUT2D eigenvalue weighted by Crippen LogP contribution is -2.47. The zero-order chi connectivity index (χ0) is 77.0. The molecule has 10 nitrogen and oxygen atoms in total. The highest BCUT2D eigenvalue weighted by Gasteiger charge is 2.52. The van der Waals surface area contributed by atoms with Gasteiger partial charge in [-0.3, -0.25) is 14.6 Å². The van der Waals surface area contributed by atoms with Gasteiger partial charge >= 0.3 is 19.1 Å². The van der Waals surface area contributed by atoms with Crippen LogP contribution in [0.5, 0.6) is 0 Å². The van der Waals surface area contributed by atoms with Crippen LogP contribution in [0.15, 0.2) is 109 Å². The van der Waals surface area contributed by atoms with Gasteiger partial charge in [0.2, 0.25) is 0 Å². The monoisotopic (exact) mass is 1450 g/mol. The lowest BCUT2D eigenvalue weighted by molar-refractivity contribution is -0.143. The molecule has 14 heteroatoms. The lowest BCUT2D eigenvalue weighted by Gasteiger charge is -2.43. The zero-order valence-corrected chi connectivity index (χ0v) is 71.9. The molecular formula is C88H134BClN2O8Si2. The molecule has 0 amide bonds. The van der Waals surface area contributed by atoms with E-state index in [0.29, 0.717) is 18.4 Å².